The highest BCUT2D eigenvalue weighted by molar-refractivity contribution is 5.80. The summed E-state index contributed by atoms with van der Waals surface area (Å²) in [6, 6.07) is 11.2. The lowest BCUT2D eigenvalue weighted by atomic mass is 10.1. The van der Waals surface area contributed by atoms with Crippen molar-refractivity contribution in [3.63, 3.8) is 0 Å². The second-order valence-corrected chi connectivity index (χ2v) is 5.74. The molecule has 0 fully saturated rings. The van der Waals surface area contributed by atoms with Gasteiger partial charge in [-0.1, -0.05) is 18.2 Å². The number of methoxy groups -OCH3 is 3. The quantitative estimate of drug-likeness (QED) is 0.784. The number of hydrogen-bond donors (Lipinski definition) is 1. The van der Waals surface area contributed by atoms with E-state index in [-0.39, 0.29) is 12.5 Å². The van der Waals surface area contributed by atoms with Gasteiger partial charge in [-0.3, -0.25) is 4.79 Å². The molecule has 0 saturated carbocycles. The molecule has 2 aromatic rings. The van der Waals surface area contributed by atoms with Gasteiger partial charge >= 0.3 is 0 Å². The Kier molecular flexibility index (Phi) is 6.72. The van der Waals surface area contributed by atoms with Gasteiger partial charge in [0.1, 0.15) is 5.75 Å². The lowest BCUT2D eigenvalue weighted by Gasteiger charge is -2.18. The van der Waals surface area contributed by atoms with Crippen LogP contribution in [0.25, 0.3) is 0 Å². The van der Waals surface area contributed by atoms with Crippen LogP contribution in [0.5, 0.6) is 23.0 Å². The zero-order chi connectivity index (χ0) is 19.1. The van der Waals surface area contributed by atoms with E-state index in [9.17, 15) is 4.79 Å². The molecule has 0 aliphatic rings. The number of ether oxygens (including phenoxy) is 4. The number of carbonyl (C=O) groups is 1. The second-order valence-electron chi connectivity index (χ2n) is 5.74. The summed E-state index contributed by atoms with van der Waals surface area (Å²) in [4.78, 5) is 12.4. The van der Waals surface area contributed by atoms with Crippen molar-refractivity contribution >= 4 is 5.91 Å². The number of rotatable bonds is 8. The molecule has 2 rings (SSSR count). The summed E-state index contributed by atoms with van der Waals surface area (Å²) >= 11 is 0. The van der Waals surface area contributed by atoms with E-state index in [0.717, 1.165) is 11.1 Å². The molecule has 140 valence electrons. The van der Waals surface area contributed by atoms with E-state index in [1.165, 1.54) is 0 Å². The van der Waals surface area contributed by atoms with Gasteiger partial charge in [-0.15, -0.1) is 0 Å². The highest BCUT2D eigenvalue weighted by atomic mass is 16.5. The fraction of sp³-hybridized carbons (Fsp3) is 0.350. The Bertz CT molecular complexity index is 760. The first-order valence-corrected chi connectivity index (χ1v) is 8.29. The van der Waals surface area contributed by atoms with E-state index in [0.29, 0.717) is 23.0 Å². The van der Waals surface area contributed by atoms with E-state index < -0.39 is 6.10 Å². The molecule has 0 heterocycles. The number of amides is 1. The summed E-state index contributed by atoms with van der Waals surface area (Å²) in [5, 5.41) is 2.86. The van der Waals surface area contributed by atoms with Crippen molar-refractivity contribution in [1.82, 2.24) is 5.32 Å². The first-order chi connectivity index (χ1) is 12.5. The van der Waals surface area contributed by atoms with Gasteiger partial charge in [0.05, 0.1) is 21.3 Å². The molecule has 0 saturated heterocycles. The molecule has 6 nitrogen and oxygen atoms in total. The van der Waals surface area contributed by atoms with Gasteiger partial charge in [-0.25, -0.2) is 0 Å². The Balaban J connectivity index is 2.06. The minimum atomic E-state index is -0.623. The van der Waals surface area contributed by atoms with E-state index in [4.69, 9.17) is 18.9 Å². The number of aryl methyl sites for hydroxylation is 1. The topological polar surface area (TPSA) is 66.0 Å². The highest BCUT2D eigenvalue weighted by Gasteiger charge is 2.19. The van der Waals surface area contributed by atoms with Crippen molar-refractivity contribution in [2.45, 2.75) is 26.5 Å². The molecular weight excluding hydrogens is 334 g/mol. The smallest absolute Gasteiger partial charge is 0.261 e. The third kappa shape index (κ3) is 4.39. The molecule has 0 bridgehead atoms. The van der Waals surface area contributed by atoms with Crippen LogP contribution in [-0.4, -0.2) is 33.3 Å². The zero-order valence-electron chi connectivity index (χ0n) is 15.8. The number of para-hydroxylation sites is 1. The van der Waals surface area contributed by atoms with Gasteiger partial charge in [-0.2, -0.15) is 0 Å². The second kappa shape index (κ2) is 8.99. The van der Waals surface area contributed by atoms with Crippen molar-refractivity contribution in [2.75, 3.05) is 21.3 Å². The SMILES string of the molecule is COc1ccc(CNC(=O)[C@@H](C)Oc2ccccc2C)c(OC)c1OC. The summed E-state index contributed by atoms with van der Waals surface area (Å²) in [7, 11) is 4.65. The van der Waals surface area contributed by atoms with Gasteiger partial charge in [0.2, 0.25) is 5.75 Å². The van der Waals surface area contributed by atoms with E-state index >= 15 is 0 Å². The maximum atomic E-state index is 12.4. The van der Waals surface area contributed by atoms with Crippen LogP contribution >= 0.6 is 0 Å². The number of nitrogens with one attached hydrogen (secondary N) is 1. The Morgan fingerprint density at radius 1 is 0.962 bits per heavy atom. The molecular formula is C20H25NO5. The molecule has 1 N–H and O–H groups in total. The van der Waals surface area contributed by atoms with Crippen molar-refractivity contribution in [2.24, 2.45) is 0 Å². The Labute approximate surface area is 154 Å². The van der Waals surface area contributed by atoms with Crippen molar-refractivity contribution in [3.05, 3.63) is 47.5 Å². The van der Waals surface area contributed by atoms with Crippen LogP contribution in [0.15, 0.2) is 36.4 Å². The average Bonchev–Trinajstić information content (AvgIpc) is 2.66. The minimum absolute atomic E-state index is 0.218. The molecule has 1 atom stereocenters. The third-order valence-electron chi connectivity index (χ3n) is 4.01. The fourth-order valence-corrected chi connectivity index (χ4v) is 2.56. The first kappa shape index (κ1) is 19.4. The number of benzene rings is 2. The van der Waals surface area contributed by atoms with Crippen molar-refractivity contribution in [1.29, 1.82) is 0 Å². The third-order valence-corrected chi connectivity index (χ3v) is 4.01. The molecule has 0 aliphatic heterocycles. The van der Waals surface area contributed by atoms with Gasteiger partial charge in [-0.05, 0) is 37.6 Å². The molecule has 0 spiro atoms. The van der Waals surface area contributed by atoms with E-state index in [2.05, 4.69) is 5.32 Å². The highest BCUT2D eigenvalue weighted by Crippen LogP contribution is 2.39. The zero-order valence-corrected chi connectivity index (χ0v) is 15.8. The fourth-order valence-electron chi connectivity index (χ4n) is 2.56. The predicted molar refractivity (Wildman–Crippen MR) is 99.2 cm³/mol. The molecule has 0 radical (unpaired) electrons. The van der Waals surface area contributed by atoms with Gasteiger partial charge < -0.3 is 24.3 Å². The van der Waals surface area contributed by atoms with Gasteiger partial charge in [0, 0.05) is 12.1 Å². The normalized spacial score (nSPS) is 11.4. The Morgan fingerprint density at radius 2 is 1.65 bits per heavy atom. The van der Waals surface area contributed by atoms with Gasteiger partial charge in [0.25, 0.3) is 5.91 Å². The average molecular weight is 359 g/mol. The predicted octanol–water partition coefficient (Wildman–Crippen LogP) is 3.10. The largest absolute Gasteiger partial charge is 0.493 e. The van der Waals surface area contributed by atoms with Crippen molar-refractivity contribution in [3.8, 4) is 23.0 Å². The molecule has 6 heteroatoms. The van der Waals surface area contributed by atoms with Crippen LogP contribution in [-0.2, 0) is 11.3 Å². The molecule has 2 aromatic carbocycles. The maximum absolute atomic E-state index is 12.4. The van der Waals surface area contributed by atoms with Crippen LogP contribution in [0.3, 0.4) is 0 Å². The van der Waals surface area contributed by atoms with Crippen LogP contribution in [0.4, 0.5) is 0 Å². The standard InChI is InChI=1S/C20H25NO5/c1-13-8-6-7-9-16(13)26-14(2)20(22)21-12-15-10-11-17(23-3)19(25-5)18(15)24-4/h6-11,14H,12H2,1-5H3,(H,21,22)/t14-/m1/s1. The Morgan fingerprint density at radius 3 is 2.27 bits per heavy atom. The van der Waals surface area contributed by atoms with Crippen LogP contribution in [0.1, 0.15) is 18.1 Å². The molecule has 0 aromatic heterocycles. The summed E-state index contributed by atoms with van der Waals surface area (Å²) in [5.41, 5.74) is 1.76. The summed E-state index contributed by atoms with van der Waals surface area (Å²) in [5.74, 6) is 2.06. The van der Waals surface area contributed by atoms with E-state index in [1.807, 2.05) is 37.3 Å². The maximum Gasteiger partial charge on any atom is 0.261 e. The van der Waals surface area contributed by atoms with Gasteiger partial charge in [0.15, 0.2) is 17.6 Å². The minimum Gasteiger partial charge on any atom is -0.493 e. The monoisotopic (exact) mass is 359 g/mol. The van der Waals surface area contributed by atoms with E-state index in [1.54, 1.807) is 34.3 Å². The molecule has 1 amide bonds. The summed E-state index contributed by atoms with van der Waals surface area (Å²) in [6.45, 7) is 3.94. The summed E-state index contributed by atoms with van der Waals surface area (Å²) < 4.78 is 21.8. The van der Waals surface area contributed by atoms with Crippen LogP contribution in [0.2, 0.25) is 0 Å². The van der Waals surface area contributed by atoms with Crippen LogP contribution < -0.4 is 24.3 Å². The lowest BCUT2D eigenvalue weighted by Crippen LogP contribution is -2.36. The molecule has 0 unspecified atom stereocenters. The number of carbonyl (C=O) groups excluding carboxylic acids is 1. The summed E-state index contributed by atoms with van der Waals surface area (Å²) in [6.07, 6.45) is -0.623. The van der Waals surface area contributed by atoms with Crippen molar-refractivity contribution < 1.29 is 23.7 Å². The molecule has 0 aliphatic carbocycles. The lowest BCUT2D eigenvalue weighted by molar-refractivity contribution is -0.127. The Hall–Kier alpha value is -2.89. The molecule has 26 heavy (non-hydrogen) atoms. The first-order valence-electron chi connectivity index (χ1n) is 8.29. The van der Waals surface area contributed by atoms with Crippen LogP contribution in [0, 0.1) is 6.92 Å². The number of hydrogen-bond acceptors (Lipinski definition) is 5.